The van der Waals surface area contributed by atoms with Gasteiger partial charge in [0.1, 0.15) is 10.8 Å². The number of rotatable bonds is 4. The molecule has 0 spiro atoms. The van der Waals surface area contributed by atoms with Crippen molar-refractivity contribution < 1.29 is 9.18 Å². The first-order chi connectivity index (χ1) is 15.0. The molecule has 0 fully saturated rings. The number of halogens is 1. The topological polar surface area (TPSA) is 41.5 Å². The number of hydrogen-bond donors (Lipinski definition) is 1. The SMILES string of the molecule is Cc1cc(C)cc(NC(=O)c2c(N=Cc3ccc(F)cc3)sc3c2CCCCCC3)c1. The summed E-state index contributed by atoms with van der Waals surface area (Å²) < 4.78 is 13.2. The van der Waals surface area contributed by atoms with Crippen molar-refractivity contribution in [3.63, 3.8) is 0 Å². The summed E-state index contributed by atoms with van der Waals surface area (Å²) in [5.74, 6) is -0.376. The fourth-order valence-electron chi connectivity index (χ4n) is 4.15. The van der Waals surface area contributed by atoms with Crippen LogP contribution < -0.4 is 5.32 Å². The molecule has 2 aromatic carbocycles. The molecule has 3 aromatic rings. The number of nitrogens with one attached hydrogen (secondary N) is 1. The van der Waals surface area contributed by atoms with Gasteiger partial charge in [-0.15, -0.1) is 11.3 Å². The van der Waals surface area contributed by atoms with Crippen LogP contribution in [0.15, 0.2) is 47.5 Å². The summed E-state index contributed by atoms with van der Waals surface area (Å²) in [6.07, 6.45) is 8.29. The zero-order valence-corrected chi connectivity index (χ0v) is 18.8. The van der Waals surface area contributed by atoms with E-state index in [1.807, 2.05) is 26.0 Å². The van der Waals surface area contributed by atoms with Crippen LogP contribution in [0.4, 0.5) is 15.1 Å². The number of carbonyl (C=O) groups excluding carboxylic acids is 1. The van der Waals surface area contributed by atoms with Crippen molar-refractivity contribution in [2.75, 3.05) is 5.32 Å². The predicted molar refractivity (Wildman–Crippen MR) is 128 cm³/mol. The van der Waals surface area contributed by atoms with E-state index in [4.69, 9.17) is 0 Å². The van der Waals surface area contributed by atoms with E-state index in [0.717, 1.165) is 58.6 Å². The molecule has 1 aliphatic rings. The molecule has 1 N–H and O–H groups in total. The molecule has 5 heteroatoms. The minimum atomic E-state index is -0.273. The smallest absolute Gasteiger partial charge is 0.259 e. The Morgan fingerprint density at radius 1 is 1.00 bits per heavy atom. The third kappa shape index (κ3) is 5.28. The summed E-state index contributed by atoms with van der Waals surface area (Å²) in [5.41, 5.74) is 5.69. The number of carbonyl (C=O) groups is 1. The quantitative estimate of drug-likeness (QED) is 0.435. The number of benzene rings is 2. The first-order valence-electron chi connectivity index (χ1n) is 10.8. The number of nitrogens with zero attached hydrogens (tertiary/aromatic N) is 1. The number of aliphatic imine (C=N–C) groups is 1. The van der Waals surface area contributed by atoms with Crippen LogP contribution in [0.5, 0.6) is 0 Å². The highest BCUT2D eigenvalue weighted by Gasteiger charge is 2.24. The van der Waals surface area contributed by atoms with Gasteiger partial charge in [-0.2, -0.15) is 0 Å². The maximum absolute atomic E-state index is 13.4. The van der Waals surface area contributed by atoms with Crippen molar-refractivity contribution in [3.8, 4) is 0 Å². The van der Waals surface area contributed by atoms with Crippen LogP contribution in [0.2, 0.25) is 0 Å². The second kappa shape index (κ2) is 9.56. The minimum Gasteiger partial charge on any atom is -0.322 e. The average molecular weight is 435 g/mol. The van der Waals surface area contributed by atoms with Crippen LogP contribution in [-0.2, 0) is 12.8 Å². The Labute approximate surface area is 187 Å². The first-order valence-corrected chi connectivity index (χ1v) is 11.6. The van der Waals surface area contributed by atoms with Crippen molar-refractivity contribution in [2.45, 2.75) is 52.4 Å². The molecule has 0 saturated carbocycles. The Kier molecular flexibility index (Phi) is 6.62. The van der Waals surface area contributed by atoms with Gasteiger partial charge in [0.25, 0.3) is 5.91 Å². The van der Waals surface area contributed by atoms with E-state index < -0.39 is 0 Å². The van der Waals surface area contributed by atoms with Gasteiger partial charge < -0.3 is 5.32 Å². The third-order valence-electron chi connectivity index (χ3n) is 5.56. The molecule has 1 amide bonds. The van der Waals surface area contributed by atoms with E-state index in [9.17, 15) is 9.18 Å². The number of thiophene rings is 1. The summed E-state index contributed by atoms with van der Waals surface area (Å²) >= 11 is 1.62. The van der Waals surface area contributed by atoms with Crippen molar-refractivity contribution in [1.29, 1.82) is 0 Å². The maximum atomic E-state index is 13.4. The summed E-state index contributed by atoms with van der Waals surface area (Å²) in [4.78, 5) is 19.4. The van der Waals surface area contributed by atoms with E-state index in [1.54, 1.807) is 29.7 Å². The van der Waals surface area contributed by atoms with Gasteiger partial charge in [-0.25, -0.2) is 9.38 Å². The normalized spacial score (nSPS) is 14.2. The van der Waals surface area contributed by atoms with Crippen LogP contribution in [0.3, 0.4) is 0 Å². The maximum Gasteiger partial charge on any atom is 0.259 e. The van der Waals surface area contributed by atoms with Gasteiger partial charge in [0, 0.05) is 16.8 Å². The van der Waals surface area contributed by atoms with Gasteiger partial charge >= 0.3 is 0 Å². The van der Waals surface area contributed by atoms with Gasteiger partial charge in [-0.05, 0) is 86.1 Å². The molecule has 1 aromatic heterocycles. The Morgan fingerprint density at radius 3 is 2.39 bits per heavy atom. The van der Waals surface area contributed by atoms with E-state index in [-0.39, 0.29) is 11.7 Å². The second-order valence-corrected chi connectivity index (χ2v) is 9.32. The van der Waals surface area contributed by atoms with Gasteiger partial charge in [-0.1, -0.05) is 31.0 Å². The number of aryl methyl sites for hydroxylation is 3. The monoisotopic (exact) mass is 434 g/mol. The Hall–Kier alpha value is -2.79. The molecule has 3 nitrogen and oxygen atoms in total. The fraction of sp³-hybridized carbons (Fsp3) is 0.308. The molecule has 160 valence electrons. The van der Waals surface area contributed by atoms with Crippen LogP contribution in [0.1, 0.15) is 63.2 Å². The minimum absolute atomic E-state index is 0.102. The van der Waals surface area contributed by atoms with Crippen LogP contribution in [0, 0.1) is 19.7 Å². The predicted octanol–water partition coefficient (Wildman–Crippen LogP) is 7.17. The highest BCUT2D eigenvalue weighted by molar-refractivity contribution is 7.16. The summed E-state index contributed by atoms with van der Waals surface area (Å²) in [6.45, 7) is 4.06. The highest BCUT2D eigenvalue weighted by atomic mass is 32.1. The summed E-state index contributed by atoms with van der Waals surface area (Å²) in [5, 5.41) is 3.84. The van der Waals surface area contributed by atoms with Crippen LogP contribution in [-0.4, -0.2) is 12.1 Å². The van der Waals surface area contributed by atoms with Crippen molar-refractivity contribution in [2.24, 2.45) is 4.99 Å². The summed E-state index contributed by atoms with van der Waals surface area (Å²) in [7, 11) is 0. The molecule has 0 radical (unpaired) electrons. The Balaban J connectivity index is 1.70. The molecular formula is C26H27FN2OS. The number of amides is 1. The molecule has 0 bridgehead atoms. The lowest BCUT2D eigenvalue weighted by atomic mass is 9.96. The zero-order chi connectivity index (χ0) is 21.8. The number of hydrogen-bond acceptors (Lipinski definition) is 3. The molecule has 31 heavy (non-hydrogen) atoms. The van der Waals surface area contributed by atoms with Gasteiger partial charge in [0.15, 0.2) is 0 Å². The third-order valence-corrected chi connectivity index (χ3v) is 6.76. The average Bonchev–Trinajstić information content (AvgIpc) is 3.03. The lowest BCUT2D eigenvalue weighted by Gasteiger charge is -2.12. The molecule has 0 atom stereocenters. The fourth-order valence-corrected chi connectivity index (χ4v) is 5.38. The van der Waals surface area contributed by atoms with Gasteiger partial charge in [-0.3, -0.25) is 4.79 Å². The lowest BCUT2D eigenvalue weighted by Crippen LogP contribution is -2.14. The molecule has 0 unspecified atom stereocenters. The lowest BCUT2D eigenvalue weighted by molar-refractivity contribution is 0.102. The van der Waals surface area contributed by atoms with Gasteiger partial charge in [0.2, 0.25) is 0 Å². The Morgan fingerprint density at radius 2 is 1.68 bits per heavy atom. The molecule has 0 saturated heterocycles. The van der Waals surface area contributed by atoms with E-state index >= 15 is 0 Å². The van der Waals surface area contributed by atoms with E-state index in [1.165, 1.54) is 29.9 Å². The molecule has 1 heterocycles. The number of anilines is 1. The molecule has 0 aliphatic heterocycles. The summed E-state index contributed by atoms with van der Waals surface area (Å²) in [6, 6.07) is 12.3. The largest absolute Gasteiger partial charge is 0.322 e. The van der Waals surface area contributed by atoms with Crippen molar-refractivity contribution in [1.82, 2.24) is 0 Å². The van der Waals surface area contributed by atoms with Crippen molar-refractivity contribution in [3.05, 3.63) is 81.0 Å². The molecule has 4 rings (SSSR count). The second-order valence-electron chi connectivity index (χ2n) is 8.24. The molecular weight excluding hydrogens is 407 g/mol. The molecule has 1 aliphatic carbocycles. The Bertz CT molecular complexity index is 1090. The van der Waals surface area contributed by atoms with Crippen LogP contribution in [0.25, 0.3) is 0 Å². The standard InChI is InChI=1S/C26H27FN2OS/c1-17-13-18(2)15-21(14-17)29-25(30)24-22-7-5-3-4-6-8-23(22)31-26(24)28-16-19-9-11-20(27)12-10-19/h9-16H,3-8H2,1-2H3,(H,29,30). The van der Waals surface area contributed by atoms with Gasteiger partial charge in [0.05, 0.1) is 5.56 Å². The zero-order valence-electron chi connectivity index (χ0n) is 18.0. The van der Waals surface area contributed by atoms with Crippen LogP contribution >= 0.6 is 11.3 Å². The first kappa shape index (κ1) is 21.4. The van der Waals surface area contributed by atoms with E-state index in [2.05, 4.69) is 16.4 Å². The van der Waals surface area contributed by atoms with E-state index in [0.29, 0.717) is 5.56 Å². The highest BCUT2D eigenvalue weighted by Crippen LogP contribution is 2.39. The number of fused-ring (bicyclic) bond motifs is 1. The van der Waals surface area contributed by atoms with Crippen molar-refractivity contribution >= 4 is 34.1 Å².